The second kappa shape index (κ2) is 10.00. The molecule has 0 aromatic heterocycles. The van der Waals surface area contributed by atoms with Gasteiger partial charge >= 0.3 is 5.69 Å². The molecule has 2 amide bonds. The van der Waals surface area contributed by atoms with E-state index in [2.05, 4.69) is 5.32 Å². The smallest absolute Gasteiger partial charge is 0.312 e. The molecule has 0 fully saturated rings. The van der Waals surface area contributed by atoms with E-state index in [1.165, 1.54) is 0 Å². The average Bonchev–Trinajstić information content (AvgIpc) is 2.72. The van der Waals surface area contributed by atoms with Crippen LogP contribution in [0.3, 0.4) is 0 Å². The lowest BCUT2D eigenvalue weighted by Crippen LogP contribution is -2.30. The van der Waals surface area contributed by atoms with Gasteiger partial charge in [-0.15, -0.1) is 0 Å². The second-order valence-corrected chi connectivity index (χ2v) is 7.88. The number of benzene rings is 2. The first-order valence-electron chi connectivity index (χ1n) is 9.20. The number of amides is 2. The van der Waals surface area contributed by atoms with E-state index in [1.54, 1.807) is 29.2 Å². The SMILES string of the molecule is CCN(CC)C(=O)c1ccc(NC(=O)COc2ccc(S(N)(=O)=O)cc2[N+](=O)[O-])cc1. The predicted molar refractivity (Wildman–Crippen MR) is 112 cm³/mol. The van der Waals surface area contributed by atoms with Gasteiger partial charge in [-0.05, 0) is 50.2 Å². The number of ether oxygens (including phenoxy) is 1. The minimum atomic E-state index is -4.13. The fourth-order valence-electron chi connectivity index (χ4n) is 2.67. The standard InChI is InChI=1S/C19H22N4O7S/c1-3-22(4-2)19(25)13-5-7-14(8-6-13)21-18(24)12-30-17-10-9-15(31(20,28)29)11-16(17)23(26)27/h5-11H,3-4,12H2,1-2H3,(H,21,24)(H2,20,28,29). The molecule has 0 heterocycles. The Hall–Kier alpha value is -3.51. The highest BCUT2D eigenvalue weighted by atomic mass is 32.2. The molecule has 12 heteroatoms. The zero-order chi connectivity index (χ0) is 23.2. The van der Waals surface area contributed by atoms with Crippen molar-refractivity contribution < 1.29 is 27.7 Å². The summed E-state index contributed by atoms with van der Waals surface area (Å²) in [5.41, 5.74) is 0.242. The number of carbonyl (C=O) groups excluding carboxylic acids is 2. The zero-order valence-corrected chi connectivity index (χ0v) is 17.7. The molecule has 0 bridgehead atoms. The van der Waals surface area contributed by atoms with E-state index in [9.17, 15) is 28.1 Å². The summed E-state index contributed by atoms with van der Waals surface area (Å²) in [5.74, 6) is -1.01. The molecule has 0 atom stereocenters. The fraction of sp³-hybridized carbons (Fsp3) is 0.263. The molecule has 3 N–H and O–H groups in total. The molecule has 166 valence electrons. The molecule has 2 aromatic rings. The molecule has 0 unspecified atom stereocenters. The van der Waals surface area contributed by atoms with Gasteiger partial charge in [0.1, 0.15) is 0 Å². The van der Waals surface area contributed by atoms with Gasteiger partial charge in [-0.2, -0.15) is 0 Å². The van der Waals surface area contributed by atoms with Crippen molar-refractivity contribution in [3.63, 3.8) is 0 Å². The molecular weight excluding hydrogens is 428 g/mol. The van der Waals surface area contributed by atoms with Crippen LogP contribution in [0, 0.1) is 10.1 Å². The van der Waals surface area contributed by atoms with E-state index in [4.69, 9.17) is 9.88 Å². The molecule has 2 rings (SSSR count). The summed E-state index contributed by atoms with van der Waals surface area (Å²) < 4.78 is 27.9. The van der Waals surface area contributed by atoms with Crippen molar-refractivity contribution in [3.05, 3.63) is 58.1 Å². The van der Waals surface area contributed by atoms with Crippen LogP contribution in [0.2, 0.25) is 0 Å². The second-order valence-electron chi connectivity index (χ2n) is 6.32. The van der Waals surface area contributed by atoms with Gasteiger partial charge in [-0.3, -0.25) is 19.7 Å². The van der Waals surface area contributed by atoms with Crippen LogP contribution < -0.4 is 15.2 Å². The van der Waals surface area contributed by atoms with E-state index in [0.29, 0.717) is 24.3 Å². The number of nitro groups is 1. The Morgan fingerprint density at radius 2 is 1.74 bits per heavy atom. The highest BCUT2D eigenvalue weighted by molar-refractivity contribution is 7.89. The van der Waals surface area contributed by atoms with Crippen LogP contribution in [0.4, 0.5) is 11.4 Å². The number of sulfonamides is 1. The molecule has 2 aromatic carbocycles. The maximum Gasteiger partial charge on any atom is 0.312 e. The van der Waals surface area contributed by atoms with E-state index in [1.807, 2.05) is 13.8 Å². The lowest BCUT2D eigenvalue weighted by molar-refractivity contribution is -0.386. The van der Waals surface area contributed by atoms with Crippen molar-refractivity contribution >= 4 is 33.2 Å². The molecule has 31 heavy (non-hydrogen) atoms. The summed E-state index contributed by atoms with van der Waals surface area (Å²) >= 11 is 0. The molecule has 0 aliphatic carbocycles. The number of hydrogen-bond acceptors (Lipinski definition) is 7. The zero-order valence-electron chi connectivity index (χ0n) is 16.9. The Balaban J connectivity index is 2.04. The van der Waals surface area contributed by atoms with Crippen LogP contribution in [-0.4, -0.2) is 49.8 Å². The van der Waals surface area contributed by atoms with Gasteiger partial charge in [0.2, 0.25) is 10.0 Å². The topological polar surface area (TPSA) is 162 Å². The predicted octanol–water partition coefficient (Wildman–Crippen LogP) is 1.74. The average molecular weight is 450 g/mol. The summed E-state index contributed by atoms with van der Waals surface area (Å²) in [6.07, 6.45) is 0. The maximum atomic E-state index is 12.3. The number of anilines is 1. The van der Waals surface area contributed by atoms with Gasteiger partial charge in [0.15, 0.2) is 12.4 Å². The third-order valence-corrected chi connectivity index (χ3v) is 5.19. The van der Waals surface area contributed by atoms with Crippen LogP contribution in [0.25, 0.3) is 0 Å². The number of rotatable bonds is 9. The molecule has 0 aliphatic rings. The Kier molecular flexibility index (Phi) is 7.67. The first-order valence-corrected chi connectivity index (χ1v) is 10.7. The van der Waals surface area contributed by atoms with Crippen molar-refractivity contribution in [1.29, 1.82) is 0 Å². The number of primary sulfonamides is 1. The van der Waals surface area contributed by atoms with Gasteiger partial charge in [0, 0.05) is 30.4 Å². The number of nitrogens with two attached hydrogens (primary N) is 1. The minimum absolute atomic E-state index is 0.124. The van der Waals surface area contributed by atoms with Crippen LogP contribution >= 0.6 is 0 Å². The quantitative estimate of drug-likeness (QED) is 0.434. The van der Waals surface area contributed by atoms with Gasteiger partial charge in [0.05, 0.1) is 9.82 Å². The highest BCUT2D eigenvalue weighted by Crippen LogP contribution is 2.29. The Morgan fingerprint density at radius 1 is 1.13 bits per heavy atom. The summed E-state index contributed by atoms with van der Waals surface area (Å²) in [7, 11) is -4.13. The van der Waals surface area contributed by atoms with Crippen LogP contribution in [0.15, 0.2) is 47.4 Å². The highest BCUT2D eigenvalue weighted by Gasteiger charge is 2.21. The molecule has 0 saturated heterocycles. The van der Waals surface area contributed by atoms with Crippen molar-refractivity contribution in [2.45, 2.75) is 18.7 Å². The Bertz CT molecular complexity index is 1080. The van der Waals surface area contributed by atoms with E-state index in [0.717, 1.165) is 18.2 Å². The van der Waals surface area contributed by atoms with Crippen LogP contribution in [-0.2, 0) is 14.8 Å². The number of hydrogen-bond donors (Lipinski definition) is 2. The maximum absolute atomic E-state index is 12.3. The molecule has 0 spiro atoms. The third-order valence-electron chi connectivity index (χ3n) is 4.28. The Morgan fingerprint density at radius 3 is 2.26 bits per heavy atom. The van der Waals surface area contributed by atoms with Gasteiger partial charge < -0.3 is 15.0 Å². The fourth-order valence-corrected chi connectivity index (χ4v) is 3.20. The van der Waals surface area contributed by atoms with Gasteiger partial charge in [-0.1, -0.05) is 0 Å². The van der Waals surface area contributed by atoms with Crippen molar-refractivity contribution in [1.82, 2.24) is 4.90 Å². The van der Waals surface area contributed by atoms with E-state index < -0.39 is 38.0 Å². The molecule has 11 nitrogen and oxygen atoms in total. The number of nitro benzene ring substituents is 1. The van der Waals surface area contributed by atoms with E-state index in [-0.39, 0.29) is 11.7 Å². The van der Waals surface area contributed by atoms with Crippen molar-refractivity contribution in [2.75, 3.05) is 25.0 Å². The Labute approximate surface area is 179 Å². The number of nitrogens with zero attached hydrogens (tertiary/aromatic N) is 2. The lowest BCUT2D eigenvalue weighted by atomic mass is 10.2. The molecule has 0 aliphatic heterocycles. The minimum Gasteiger partial charge on any atom is -0.477 e. The van der Waals surface area contributed by atoms with Gasteiger partial charge in [0.25, 0.3) is 11.8 Å². The lowest BCUT2D eigenvalue weighted by Gasteiger charge is -2.18. The van der Waals surface area contributed by atoms with Crippen molar-refractivity contribution in [2.24, 2.45) is 5.14 Å². The number of carbonyl (C=O) groups is 2. The monoisotopic (exact) mass is 450 g/mol. The summed E-state index contributed by atoms with van der Waals surface area (Å²) in [6, 6.07) is 9.12. The third kappa shape index (κ3) is 6.23. The van der Waals surface area contributed by atoms with Crippen LogP contribution in [0.1, 0.15) is 24.2 Å². The van der Waals surface area contributed by atoms with Gasteiger partial charge in [-0.25, -0.2) is 13.6 Å². The molecule has 0 saturated carbocycles. The molecule has 0 radical (unpaired) electrons. The normalized spacial score (nSPS) is 10.9. The first kappa shape index (κ1) is 23.8. The summed E-state index contributed by atoms with van der Waals surface area (Å²) in [6.45, 7) is 4.35. The van der Waals surface area contributed by atoms with Crippen LogP contribution in [0.5, 0.6) is 5.75 Å². The summed E-state index contributed by atoms with van der Waals surface area (Å²) in [4.78, 5) is 36.0. The first-order chi connectivity index (χ1) is 14.6. The molecular formula is C19H22N4O7S. The van der Waals surface area contributed by atoms with Crippen molar-refractivity contribution in [3.8, 4) is 5.75 Å². The van der Waals surface area contributed by atoms with E-state index >= 15 is 0 Å². The largest absolute Gasteiger partial charge is 0.477 e. The number of nitrogens with one attached hydrogen (secondary N) is 1. The summed E-state index contributed by atoms with van der Waals surface area (Å²) in [5, 5.41) is 18.7.